The molecule has 3 rings (SSSR count). The van der Waals surface area contributed by atoms with Crippen molar-refractivity contribution in [2.75, 3.05) is 0 Å². The first-order chi connectivity index (χ1) is 11.9. The number of nitro groups is 2. The van der Waals surface area contributed by atoms with Gasteiger partial charge in [-0.25, -0.2) is 4.68 Å². The SMILES string of the molecule is NC(=O)c1cn(-c2ccc([N+](=O)[O-])cc2)nc1-c1ccc([N+](=O)[O-])o1. The molecule has 2 heterocycles. The molecule has 3 aromatic rings. The van der Waals surface area contributed by atoms with Gasteiger partial charge in [0, 0.05) is 18.3 Å². The minimum Gasteiger partial charge on any atom is -0.399 e. The molecule has 1 amide bonds. The summed E-state index contributed by atoms with van der Waals surface area (Å²) in [6.45, 7) is 0. The number of benzene rings is 1. The van der Waals surface area contributed by atoms with Crippen molar-refractivity contribution in [3.8, 4) is 17.1 Å². The average Bonchev–Trinajstić information content (AvgIpc) is 3.22. The zero-order chi connectivity index (χ0) is 18.1. The lowest BCUT2D eigenvalue weighted by atomic mass is 10.2. The van der Waals surface area contributed by atoms with E-state index in [0.29, 0.717) is 5.69 Å². The topological polar surface area (TPSA) is 160 Å². The van der Waals surface area contributed by atoms with Crippen LogP contribution in [0, 0.1) is 20.2 Å². The molecule has 0 aliphatic heterocycles. The molecule has 0 spiro atoms. The number of primary amides is 1. The van der Waals surface area contributed by atoms with Crippen LogP contribution in [-0.4, -0.2) is 25.5 Å². The van der Waals surface area contributed by atoms with Crippen molar-refractivity contribution < 1.29 is 19.1 Å². The van der Waals surface area contributed by atoms with Gasteiger partial charge in [-0.1, -0.05) is 0 Å². The smallest absolute Gasteiger partial charge is 0.399 e. The first-order valence-corrected chi connectivity index (χ1v) is 6.75. The highest BCUT2D eigenvalue weighted by Gasteiger charge is 2.22. The zero-order valence-corrected chi connectivity index (χ0v) is 12.4. The van der Waals surface area contributed by atoms with E-state index >= 15 is 0 Å². The van der Waals surface area contributed by atoms with Gasteiger partial charge in [0.15, 0.2) is 5.76 Å². The van der Waals surface area contributed by atoms with Crippen molar-refractivity contribution in [1.29, 1.82) is 0 Å². The summed E-state index contributed by atoms with van der Waals surface area (Å²) in [6, 6.07) is 7.85. The maximum absolute atomic E-state index is 11.6. The summed E-state index contributed by atoms with van der Waals surface area (Å²) in [6.07, 6.45) is 1.31. The molecule has 0 bridgehead atoms. The number of non-ortho nitro benzene ring substituents is 1. The number of aromatic nitrogens is 2. The maximum Gasteiger partial charge on any atom is 0.433 e. The van der Waals surface area contributed by atoms with Gasteiger partial charge >= 0.3 is 5.88 Å². The Kier molecular flexibility index (Phi) is 3.73. The lowest BCUT2D eigenvalue weighted by Crippen LogP contribution is -2.11. The number of nitrogens with zero attached hydrogens (tertiary/aromatic N) is 4. The van der Waals surface area contributed by atoms with Gasteiger partial charge < -0.3 is 10.2 Å². The molecule has 0 fully saturated rings. The normalized spacial score (nSPS) is 10.6. The van der Waals surface area contributed by atoms with Gasteiger partial charge in [-0.05, 0) is 18.2 Å². The van der Waals surface area contributed by atoms with E-state index in [4.69, 9.17) is 10.2 Å². The molecule has 0 atom stereocenters. The van der Waals surface area contributed by atoms with E-state index in [9.17, 15) is 25.0 Å². The van der Waals surface area contributed by atoms with Gasteiger partial charge in [-0.2, -0.15) is 5.10 Å². The first kappa shape index (κ1) is 15.9. The highest BCUT2D eigenvalue weighted by molar-refractivity contribution is 5.98. The summed E-state index contributed by atoms with van der Waals surface area (Å²) in [5.74, 6) is -1.31. The molecule has 0 aliphatic rings. The van der Waals surface area contributed by atoms with E-state index in [1.165, 1.54) is 41.2 Å². The summed E-state index contributed by atoms with van der Waals surface area (Å²) in [5.41, 5.74) is 5.66. The number of rotatable bonds is 5. The van der Waals surface area contributed by atoms with Gasteiger partial charge in [-0.15, -0.1) is 0 Å². The summed E-state index contributed by atoms with van der Waals surface area (Å²) in [4.78, 5) is 31.8. The second kappa shape index (κ2) is 5.88. The molecule has 11 heteroatoms. The fourth-order valence-electron chi connectivity index (χ4n) is 2.15. The minimum atomic E-state index is -0.804. The third kappa shape index (κ3) is 2.93. The molecular weight excluding hydrogens is 334 g/mol. The van der Waals surface area contributed by atoms with Crippen molar-refractivity contribution in [1.82, 2.24) is 9.78 Å². The summed E-state index contributed by atoms with van der Waals surface area (Å²) >= 11 is 0. The Morgan fingerprint density at radius 3 is 2.28 bits per heavy atom. The fourth-order valence-corrected chi connectivity index (χ4v) is 2.15. The molecular formula is C14H9N5O6. The molecule has 11 nitrogen and oxygen atoms in total. The van der Waals surface area contributed by atoms with Crippen molar-refractivity contribution >= 4 is 17.5 Å². The number of hydrogen-bond donors (Lipinski definition) is 1. The number of nitro benzene ring substituents is 1. The summed E-state index contributed by atoms with van der Waals surface area (Å²) in [5, 5.41) is 25.6. The number of hydrogen-bond acceptors (Lipinski definition) is 7. The Balaban J connectivity index is 2.06. The van der Waals surface area contributed by atoms with Crippen molar-refractivity contribution in [3.63, 3.8) is 0 Å². The van der Waals surface area contributed by atoms with Crippen molar-refractivity contribution in [3.05, 3.63) is 68.4 Å². The number of carbonyl (C=O) groups is 1. The molecule has 2 aromatic heterocycles. The number of amides is 1. The van der Waals surface area contributed by atoms with E-state index in [1.54, 1.807) is 0 Å². The molecule has 0 saturated carbocycles. The van der Waals surface area contributed by atoms with Gasteiger partial charge in [-0.3, -0.25) is 25.0 Å². The van der Waals surface area contributed by atoms with Crippen LogP contribution in [0.15, 0.2) is 47.0 Å². The van der Waals surface area contributed by atoms with Crippen LogP contribution in [0.5, 0.6) is 0 Å². The lowest BCUT2D eigenvalue weighted by molar-refractivity contribution is -0.401. The lowest BCUT2D eigenvalue weighted by Gasteiger charge is -2.00. The number of carbonyl (C=O) groups excluding carboxylic acids is 1. The van der Waals surface area contributed by atoms with E-state index in [2.05, 4.69) is 5.10 Å². The highest BCUT2D eigenvalue weighted by Crippen LogP contribution is 2.28. The van der Waals surface area contributed by atoms with E-state index in [-0.39, 0.29) is 22.7 Å². The van der Waals surface area contributed by atoms with Crippen LogP contribution in [0.2, 0.25) is 0 Å². The predicted octanol–water partition coefficient (Wildman–Crippen LogP) is 2.05. The van der Waals surface area contributed by atoms with Crippen LogP contribution < -0.4 is 5.73 Å². The Morgan fingerprint density at radius 2 is 1.76 bits per heavy atom. The second-order valence-electron chi connectivity index (χ2n) is 4.87. The van der Waals surface area contributed by atoms with Crippen molar-refractivity contribution in [2.24, 2.45) is 5.73 Å². The number of furan rings is 1. The molecule has 1 aromatic carbocycles. The molecule has 0 saturated heterocycles. The van der Waals surface area contributed by atoms with Crippen LogP contribution in [0.3, 0.4) is 0 Å². The molecule has 0 unspecified atom stereocenters. The van der Waals surface area contributed by atoms with Gasteiger partial charge in [0.1, 0.15) is 10.6 Å². The predicted molar refractivity (Wildman–Crippen MR) is 83.1 cm³/mol. The Labute approximate surface area is 138 Å². The zero-order valence-electron chi connectivity index (χ0n) is 12.4. The van der Waals surface area contributed by atoms with E-state index in [1.807, 2.05) is 0 Å². The van der Waals surface area contributed by atoms with Crippen LogP contribution >= 0.6 is 0 Å². The standard InChI is InChI=1S/C14H9N5O6/c15-14(20)10-7-17(8-1-3-9(4-2-8)18(21)22)16-13(10)11-5-6-12(25-11)19(23)24/h1-7H,(H2,15,20). The van der Waals surface area contributed by atoms with Crippen LogP contribution in [0.4, 0.5) is 11.6 Å². The highest BCUT2D eigenvalue weighted by atomic mass is 16.6. The fraction of sp³-hybridized carbons (Fsp3) is 0. The maximum atomic E-state index is 11.6. The quantitative estimate of drug-likeness (QED) is 0.547. The number of nitrogens with two attached hydrogens (primary N) is 1. The Bertz CT molecular complexity index is 988. The Hall–Kier alpha value is -4.02. The summed E-state index contributed by atoms with van der Waals surface area (Å²) < 4.78 is 6.32. The van der Waals surface area contributed by atoms with Gasteiger partial charge in [0.05, 0.1) is 22.2 Å². The van der Waals surface area contributed by atoms with E-state index < -0.39 is 21.6 Å². The van der Waals surface area contributed by atoms with Crippen LogP contribution in [-0.2, 0) is 0 Å². The molecule has 0 radical (unpaired) electrons. The third-order valence-electron chi connectivity index (χ3n) is 3.31. The van der Waals surface area contributed by atoms with Crippen LogP contribution in [0.25, 0.3) is 17.1 Å². The first-order valence-electron chi connectivity index (χ1n) is 6.75. The van der Waals surface area contributed by atoms with Gasteiger partial charge in [0.25, 0.3) is 11.6 Å². The molecule has 2 N–H and O–H groups in total. The molecule has 126 valence electrons. The van der Waals surface area contributed by atoms with Crippen LogP contribution in [0.1, 0.15) is 10.4 Å². The Morgan fingerprint density at radius 1 is 1.08 bits per heavy atom. The van der Waals surface area contributed by atoms with Gasteiger partial charge in [0.2, 0.25) is 0 Å². The summed E-state index contributed by atoms with van der Waals surface area (Å²) in [7, 11) is 0. The van der Waals surface area contributed by atoms with Crippen molar-refractivity contribution in [2.45, 2.75) is 0 Å². The second-order valence-corrected chi connectivity index (χ2v) is 4.87. The molecule has 0 aliphatic carbocycles. The largest absolute Gasteiger partial charge is 0.433 e. The molecule has 25 heavy (non-hydrogen) atoms. The minimum absolute atomic E-state index is 0.00108. The third-order valence-corrected chi connectivity index (χ3v) is 3.31. The average molecular weight is 343 g/mol. The monoisotopic (exact) mass is 343 g/mol. The van der Waals surface area contributed by atoms with E-state index in [0.717, 1.165) is 6.07 Å².